The van der Waals surface area contributed by atoms with Crippen molar-refractivity contribution >= 4 is 17.1 Å². The van der Waals surface area contributed by atoms with E-state index >= 15 is 0 Å². The van der Waals surface area contributed by atoms with Crippen molar-refractivity contribution in [1.82, 2.24) is 0 Å². The van der Waals surface area contributed by atoms with Crippen molar-refractivity contribution in [2.75, 3.05) is 0 Å². The number of carbonyl (C=O) groups excluding carboxylic acids is 1. The van der Waals surface area contributed by atoms with Crippen LogP contribution in [0.2, 0.25) is 0 Å². The molecule has 2 heteroatoms. The third-order valence-electron chi connectivity index (χ3n) is 3.62. The van der Waals surface area contributed by atoms with Gasteiger partial charge in [-0.25, -0.2) is 0 Å². The molecule has 1 aromatic heterocycles. The van der Waals surface area contributed by atoms with Gasteiger partial charge in [0.25, 0.3) is 0 Å². The van der Waals surface area contributed by atoms with Gasteiger partial charge in [0.15, 0.2) is 5.78 Å². The minimum atomic E-state index is 0.212. The first-order valence-corrected chi connectivity index (χ1v) is 7.14. The Balaban J connectivity index is 1.79. The fourth-order valence-electron chi connectivity index (χ4n) is 2.61. The number of carbonyl (C=O) groups is 1. The standard InChI is InChI=1S/C16H16OS/c1-10-8-11(2)18-16(10)15(17)14-9-13(14)12-6-4-3-5-7-12/h3-8,13-14H,9H2,1-2H3. The first-order chi connectivity index (χ1) is 8.66. The van der Waals surface area contributed by atoms with Crippen LogP contribution in [0.25, 0.3) is 0 Å². The number of benzene rings is 1. The van der Waals surface area contributed by atoms with Crippen LogP contribution in [0.4, 0.5) is 0 Å². The van der Waals surface area contributed by atoms with Crippen LogP contribution in [0, 0.1) is 19.8 Å². The molecule has 1 aliphatic rings. The van der Waals surface area contributed by atoms with Gasteiger partial charge in [-0.15, -0.1) is 11.3 Å². The lowest BCUT2D eigenvalue weighted by molar-refractivity contribution is 0.0968. The van der Waals surface area contributed by atoms with Crippen molar-refractivity contribution in [3.05, 3.63) is 57.3 Å². The number of hydrogen-bond acceptors (Lipinski definition) is 2. The van der Waals surface area contributed by atoms with E-state index in [0.717, 1.165) is 16.9 Å². The third kappa shape index (κ3) is 2.01. The van der Waals surface area contributed by atoms with Crippen LogP contribution in [0.1, 0.15) is 38.0 Å². The van der Waals surface area contributed by atoms with Crippen molar-refractivity contribution in [1.29, 1.82) is 0 Å². The first-order valence-electron chi connectivity index (χ1n) is 6.33. The zero-order valence-corrected chi connectivity index (χ0v) is 11.5. The molecule has 0 saturated heterocycles. The van der Waals surface area contributed by atoms with Crippen LogP contribution >= 0.6 is 11.3 Å². The van der Waals surface area contributed by atoms with Crippen molar-refractivity contribution in [2.24, 2.45) is 5.92 Å². The second kappa shape index (κ2) is 4.36. The molecular weight excluding hydrogens is 240 g/mol. The predicted molar refractivity (Wildman–Crippen MR) is 75.4 cm³/mol. The van der Waals surface area contributed by atoms with Crippen LogP contribution in [0.15, 0.2) is 36.4 Å². The molecule has 0 spiro atoms. The van der Waals surface area contributed by atoms with Crippen LogP contribution in [0.3, 0.4) is 0 Å². The van der Waals surface area contributed by atoms with E-state index in [1.54, 1.807) is 11.3 Å². The second-order valence-corrected chi connectivity index (χ2v) is 6.35. The molecular formula is C16H16OS. The molecule has 92 valence electrons. The Kier molecular flexibility index (Phi) is 2.83. The maximum absolute atomic E-state index is 12.4. The number of aryl methyl sites for hydroxylation is 2. The number of rotatable bonds is 3. The molecule has 3 rings (SSSR count). The lowest BCUT2D eigenvalue weighted by Gasteiger charge is -2.00. The third-order valence-corrected chi connectivity index (χ3v) is 4.79. The predicted octanol–water partition coefficient (Wildman–Crippen LogP) is 4.35. The topological polar surface area (TPSA) is 17.1 Å². The van der Waals surface area contributed by atoms with Gasteiger partial charge in [0.1, 0.15) is 0 Å². The molecule has 0 amide bonds. The van der Waals surface area contributed by atoms with Gasteiger partial charge >= 0.3 is 0 Å². The molecule has 1 aromatic carbocycles. The fraction of sp³-hybridized carbons (Fsp3) is 0.312. The Morgan fingerprint density at radius 1 is 1.22 bits per heavy atom. The molecule has 0 N–H and O–H groups in total. The Bertz CT molecular complexity index is 582. The molecule has 18 heavy (non-hydrogen) atoms. The normalized spacial score (nSPS) is 21.9. The van der Waals surface area contributed by atoms with Gasteiger partial charge in [-0.2, -0.15) is 0 Å². The van der Waals surface area contributed by atoms with E-state index in [2.05, 4.69) is 37.3 Å². The van der Waals surface area contributed by atoms with Gasteiger partial charge < -0.3 is 0 Å². The zero-order valence-electron chi connectivity index (χ0n) is 10.6. The van der Waals surface area contributed by atoms with Crippen LogP contribution in [0.5, 0.6) is 0 Å². The minimum absolute atomic E-state index is 0.212. The van der Waals surface area contributed by atoms with E-state index in [-0.39, 0.29) is 5.92 Å². The average molecular weight is 256 g/mol. The van der Waals surface area contributed by atoms with E-state index in [1.165, 1.54) is 10.4 Å². The summed E-state index contributed by atoms with van der Waals surface area (Å²) in [6, 6.07) is 12.5. The molecule has 1 aliphatic carbocycles. The minimum Gasteiger partial charge on any atom is -0.293 e. The molecule has 2 aromatic rings. The second-order valence-electron chi connectivity index (χ2n) is 5.09. The summed E-state index contributed by atoms with van der Waals surface area (Å²) in [6.45, 7) is 4.10. The van der Waals surface area contributed by atoms with Crippen molar-refractivity contribution in [3.8, 4) is 0 Å². The van der Waals surface area contributed by atoms with Crippen molar-refractivity contribution in [2.45, 2.75) is 26.2 Å². The summed E-state index contributed by atoms with van der Waals surface area (Å²) in [5.41, 5.74) is 2.45. The summed E-state index contributed by atoms with van der Waals surface area (Å²) in [7, 11) is 0. The van der Waals surface area contributed by atoms with E-state index in [0.29, 0.717) is 11.7 Å². The molecule has 1 saturated carbocycles. The molecule has 2 atom stereocenters. The summed E-state index contributed by atoms with van der Waals surface area (Å²) in [6.07, 6.45) is 1.01. The maximum Gasteiger partial charge on any atom is 0.176 e. The molecule has 1 nitrogen and oxygen atoms in total. The van der Waals surface area contributed by atoms with Gasteiger partial charge in [-0.05, 0) is 43.4 Å². The van der Waals surface area contributed by atoms with Gasteiger partial charge in [-0.1, -0.05) is 30.3 Å². The van der Waals surface area contributed by atoms with Crippen LogP contribution in [-0.4, -0.2) is 5.78 Å². The van der Waals surface area contributed by atoms with Gasteiger partial charge in [0, 0.05) is 10.8 Å². The molecule has 2 unspecified atom stereocenters. The summed E-state index contributed by atoms with van der Waals surface area (Å²) in [4.78, 5) is 14.6. The van der Waals surface area contributed by atoms with Crippen molar-refractivity contribution < 1.29 is 4.79 Å². The molecule has 1 fully saturated rings. The molecule has 0 bridgehead atoms. The fourth-order valence-corrected chi connectivity index (χ4v) is 3.64. The monoisotopic (exact) mass is 256 g/mol. The lowest BCUT2D eigenvalue weighted by atomic mass is 10.1. The van der Waals surface area contributed by atoms with E-state index in [4.69, 9.17) is 0 Å². The smallest absolute Gasteiger partial charge is 0.176 e. The Morgan fingerprint density at radius 3 is 2.56 bits per heavy atom. The highest BCUT2D eigenvalue weighted by molar-refractivity contribution is 7.14. The number of thiophene rings is 1. The summed E-state index contributed by atoms with van der Waals surface area (Å²) < 4.78 is 0. The van der Waals surface area contributed by atoms with E-state index in [1.807, 2.05) is 13.0 Å². The van der Waals surface area contributed by atoms with E-state index in [9.17, 15) is 4.79 Å². The van der Waals surface area contributed by atoms with Gasteiger partial charge in [0.05, 0.1) is 4.88 Å². The summed E-state index contributed by atoms with van der Waals surface area (Å²) >= 11 is 1.64. The van der Waals surface area contributed by atoms with Gasteiger partial charge in [-0.3, -0.25) is 4.79 Å². The van der Waals surface area contributed by atoms with Crippen molar-refractivity contribution in [3.63, 3.8) is 0 Å². The quantitative estimate of drug-likeness (QED) is 0.746. The Labute approximate surface area is 111 Å². The van der Waals surface area contributed by atoms with E-state index < -0.39 is 0 Å². The van der Waals surface area contributed by atoms with Gasteiger partial charge in [0.2, 0.25) is 0 Å². The summed E-state index contributed by atoms with van der Waals surface area (Å²) in [5.74, 6) is 1.00. The number of hydrogen-bond donors (Lipinski definition) is 0. The number of ketones is 1. The highest BCUT2D eigenvalue weighted by Gasteiger charge is 2.44. The first kappa shape index (κ1) is 11.7. The molecule has 1 heterocycles. The Hall–Kier alpha value is -1.41. The Morgan fingerprint density at radius 2 is 1.94 bits per heavy atom. The maximum atomic E-state index is 12.4. The molecule has 0 aliphatic heterocycles. The largest absolute Gasteiger partial charge is 0.293 e. The summed E-state index contributed by atoms with van der Waals surface area (Å²) in [5, 5.41) is 0. The molecule has 0 radical (unpaired) electrons. The van der Waals surface area contributed by atoms with Crippen LogP contribution in [-0.2, 0) is 0 Å². The SMILES string of the molecule is Cc1cc(C)c(C(=O)C2CC2c2ccccc2)s1. The highest BCUT2D eigenvalue weighted by Crippen LogP contribution is 2.49. The number of Topliss-reactive ketones (excluding diaryl/α,β-unsaturated/α-hetero) is 1. The average Bonchev–Trinajstić information content (AvgIpc) is 3.10. The lowest BCUT2D eigenvalue weighted by Crippen LogP contribution is -2.02. The zero-order chi connectivity index (χ0) is 12.7. The van der Waals surface area contributed by atoms with Crippen LogP contribution < -0.4 is 0 Å². The highest BCUT2D eigenvalue weighted by atomic mass is 32.1.